The second-order valence-electron chi connectivity index (χ2n) is 5.78. The number of Topliss-reactive ketones (excluding diaryl/α,β-unsaturated/α-hetero) is 1. The number of carboxylic acid groups (broad SMARTS) is 1. The van der Waals surface area contributed by atoms with E-state index in [0.717, 1.165) is 36.6 Å². The van der Waals surface area contributed by atoms with Crippen LogP contribution >= 0.6 is 0 Å². The van der Waals surface area contributed by atoms with Crippen LogP contribution in [-0.4, -0.2) is 21.4 Å². The second-order valence-corrected chi connectivity index (χ2v) is 5.78. The lowest BCUT2D eigenvalue weighted by Crippen LogP contribution is -2.17. The number of nitrogens with zero attached hydrogens (tertiary/aromatic N) is 1. The summed E-state index contributed by atoms with van der Waals surface area (Å²) in [6, 6.07) is 7.54. The van der Waals surface area contributed by atoms with Gasteiger partial charge in [0.25, 0.3) is 0 Å². The van der Waals surface area contributed by atoms with E-state index in [9.17, 15) is 9.59 Å². The third-order valence-corrected chi connectivity index (χ3v) is 4.34. The predicted octanol–water partition coefficient (Wildman–Crippen LogP) is 3.49. The van der Waals surface area contributed by atoms with E-state index in [-0.39, 0.29) is 18.2 Å². The summed E-state index contributed by atoms with van der Waals surface area (Å²) in [6.07, 6.45) is 7.07. The van der Waals surface area contributed by atoms with E-state index in [1.807, 2.05) is 24.3 Å². The maximum Gasteiger partial charge on any atom is 0.323 e. The van der Waals surface area contributed by atoms with Gasteiger partial charge < -0.3 is 9.67 Å². The summed E-state index contributed by atoms with van der Waals surface area (Å²) in [5.41, 5.74) is 1.50. The highest BCUT2D eigenvalue weighted by Crippen LogP contribution is 2.30. The third-order valence-electron chi connectivity index (χ3n) is 4.34. The average Bonchev–Trinajstić information content (AvgIpc) is 2.86. The van der Waals surface area contributed by atoms with Crippen molar-refractivity contribution in [3.8, 4) is 0 Å². The Bertz CT molecular complexity index is 680. The average molecular weight is 285 g/mol. The lowest BCUT2D eigenvalue weighted by Gasteiger charge is -2.19. The molecular weight excluding hydrogens is 266 g/mol. The first kappa shape index (κ1) is 13.9. The Labute approximate surface area is 123 Å². The molecule has 3 rings (SSSR count). The SMILES string of the molecule is O=C(O)Cn1cc(C(=O)C2CCCCC2)c2ccccc21. The number of hydrogen-bond acceptors (Lipinski definition) is 2. The molecule has 1 N–H and O–H groups in total. The minimum atomic E-state index is -0.896. The number of para-hydroxylation sites is 1. The van der Waals surface area contributed by atoms with E-state index in [1.54, 1.807) is 10.8 Å². The molecular formula is C17H19NO3. The summed E-state index contributed by atoms with van der Waals surface area (Å²) in [4.78, 5) is 23.7. The Kier molecular flexibility index (Phi) is 3.78. The molecule has 21 heavy (non-hydrogen) atoms. The number of carbonyl (C=O) groups is 2. The monoisotopic (exact) mass is 285 g/mol. The summed E-state index contributed by atoms with van der Waals surface area (Å²) in [7, 11) is 0. The fraction of sp³-hybridized carbons (Fsp3) is 0.412. The van der Waals surface area contributed by atoms with Gasteiger partial charge in [-0.3, -0.25) is 9.59 Å². The number of ketones is 1. The molecule has 0 aliphatic heterocycles. The zero-order chi connectivity index (χ0) is 14.8. The van der Waals surface area contributed by atoms with Crippen LogP contribution < -0.4 is 0 Å². The first-order valence-electron chi connectivity index (χ1n) is 7.50. The van der Waals surface area contributed by atoms with Gasteiger partial charge in [0.05, 0.1) is 0 Å². The van der Waals surface area contributed by atoms with Gasteiger partial charge in [-0.25, -0.2) is 0 Å². The molecule has 1 fully saturated rings. The van der Waals surface area contributed by atoms with Gasteiger partial charge in [0, 0.05) is 28.6 Å². The highest BCUT2D eigenvalue weighted by atomic mass is 16.4. The third kappa shape index (κ3) is 2.71. The molecule has 110 valence electrons. The molecule has 1 saturated carbocycles. The number of aliphatic carboxylic acids is 1. The topological polar surface area (TPSA) is 59.3 Å². The van der Waals surface area contributed by atoms with Gasteiger partial charge in [0.15, 0.2) is 5.78 Å². The zero-order valence-electron chi connectivity index (χ0n) is 11.9. The van der Waals surface area contributed by atoms with Crippen LogP contribution in [0.1, 0.15) is 42.5 Å². The van der Waals surface area contributed by atoms with Gasteiger partial charge in [-0.1, -0.05) is 37.5 Å². The van der Waals surface area contributed by atoms with E-state index in [0.29, 0.717) is 5.56 Å². The fourth-order valence-electron chi connectivity index (χ4n) is 3.30. The van der Waals surface area contributed by atoms with E-state index >= 15 is 0 Å². The van der Waals surface area contributed by atoms with Gasteiger partial charge in [-0.2, -0.15) is 0 Å². The maximum atomic E-state index is 12.8. The van der Waals surface area contributed by atoms with Crippen molar-refractivity contribution in [2.24, 2.45) is 5.92 Å². The summed E-state index contributed by atoms with van der Waals surface area (Å²) >= 11 is 0. The van der Waals surface area contributed by atoms with Crippen molar-refractivity contribution in [3.63, 3.8) is 0 Å². The highest BCUT2D eigenvalue weighted by Gasteiger charge is 2.25. The van der Waals surface area contributed by atoms with Gasteiger partial charge >= 0.3 is 5.97 Å². The van der Waals surface area contributed by atoms with Crippen LogP contribution in [0.5, 0.6) is 0 Å². The molecule has 1 aliphatic carbocycles. The molecule has 1 aromatic heterocycles. The predicted molar refractivity (Wildman–Crippen MR) is 80.5 cm³/mol. The quantitative estimate of drug-likeness (QED) is 0.875. The normalized spacial score (nSPS) is 16.2. The molecule has 0 saturated heterocycles. The van der Waals surface area contributed by atoms with E-state index in [1.165, 1.54) is 6.42 Å². The van der Waals surface area contributed by atoms with Crippen molar-refractivity contribution < 1.29 is 14.7 Å². The number of benzene rings is 1. The van der Waals surface area contributed by atoms with Gasteiger partial charge in [0.2, 0.25) is 0 Å². The standard InChI is InChI=1S/C17H19NO3/c19-16(20)11-18-10-14(13-8-4-5-9-15(13)18)17(21)12-6-2-1-3-7-12/h4-5,8-10,12H,1-3,6-7,11H2,(H,19,20). The molecule has 0 bridgehead atoms. The van der Waals surface area contributed by atoms with Crippen LogP contribution in [0, 0.1) is 5.92 Å². The Balaban J connectivity index is 2.01. The van der Waals surface area contributed by atoms with Gasteiger partial charge in [-0.05, 0) is 18.9 Å². The number of rotatable bonds is 4. The Morgan fingerprint density at radius 3 is 2.57 bits per heavy atom. The van der Waals surface area contributed by atoms with E-state index < -0.39 is 5.97 Å². The molecule has 4 heteroatoms. The maximum absolute atomic E-state index is 12.8. The van der Waals surface area contributed by atoms with Crippen LogP contribution in [0.25, 0.3) is 10.9 Å². The number of carboxylic acids is 1. The molecule has 0 spiro atoms. The van der Waals surface area contributed by atoms with E-state index in [4.69, 9.17) is 5.11 Å². The largest absolute Gasteiger partial charge is 0.480 e. The van der Waals surface area contributed by atoms with Crippen molar-refractivity contribution in [2.45, 2.75) is 38.6 Å². The first-order chi connectivity index (χ1) is 10.2. The number of fused-ring (bicyclic) bond motifs is 1. The molecule has 1 heterocycles. The van der Waals surface area contributed by atoms with Crippen LogP contribution in [0.15, 0.2) is 30.5 Å². The van der Waals surface area contributed by atoms with Crippen molar-refractivity contribution in [1.29, 1.82) is 0 Å². The number of carbonyl (C=O) groups excluding carboxylic acids is 1. The lowest BCUT2D eigenvalue weighted by molar-refractivity contribution is -0.137. The van der Waals surface area contributed by atoms with Crippen molar-refractivity contribution >= 4 is 22.7 Å². The van der Waals surface area contributed by atoms with Crippen molar-refractivity contribution in [3.05, 3.63) is 36.0 Å². The van der Waals surface area contributed by atoms with Crippen LogP contribution in [0.3, 0.4) is 0 Å². The summed E-state index contributed by atoms with van der Waals surface area (Å²) in [5.74, 6) is -0.620. The summed E-state index contributed by atoms with van der Waals surface area (Å²) in [6.45, 7) is -0.113. The minimum Gasteiger partial charge on any atom is -0.480 e. The summed E-state index contributed by atoms with van der Waals surface area (Å²) in [5, 5.41) is 9.89. The molecule has 4 nitrogen and oxygen atoms in total. The number of hydrogen-bond donors (Lipinski definition) is 1. The van der Waals surface area contributed by atoms with E-state index in [2.05, 4.69) is 0 Å². The minimum absolute atomic E-state index is 0.0998. The molecule has 0 amide bonds. The highest BCUT2D eigenvalue weighted by molar-refractivity contribution is 6.09. The second kappa shape index (κ2) is 5.72. The molecule has 0 radical (unpaired) electrons. The molecule has 1 aliphatic rings. The Morgan fingerprint density at radius 1 is 1.14 bits per heavy atom. The molecule has 0 unspecified atom stereocenters. The molecule has 2 aromatic rings. The first-order valence-corrected chi connectivity index (χ1v) is 7.50. The lowest BCUT2D eigenvalue weighted by atomic mass is 9.84. The number of aromatic nitrogens is 1. The van der Waals surface area contributed by atoms with Crippen molar-refractivity contribution in [2.75, 3.05) is 0 Å². The van der Waals surface area contributed by atoms with Crippen LogP contribution in [0.2, 0.25) is 0 Å². The molecule has 0 atom stereocenters. The Hall–Kier alpha value is -2.10. The van der Waals surface area contributed by atoms with Gasteiger partial charge in [-0.15, -0.1) is 0 Å². The summed E-state index contributed by atoms with van der Waals surface area (Å²) < 4.78 is 1.66. The smallest absolute Gasteiger partial charge is 0.323 e. The fourth-order valence-corrected chi connectivity index (χ4v) is 3.30. The van der Waals surface area contributed by atoms with Gasteiger partial charge in [0.1, 0.15) is 6.54 Å². The zero-order valence-corrected chi connectivity index (χ0v) is 11.9. The Morgan fingerprint density at radius 2 is 1.86 bits per heavy atom. The molecule has 1 aromatic carbocycles. The van der Waals surface area contributed by atoms with Crippen LogP contribution in [-0.2, 0) is 11.3 Å². The van der Waals surface area contributed by atoms with Crippen molar-refractivity contribution in [1.82, 2.24) is 4.57 Å². The van der Waals surface area contributed by atoms with Crippen LogP contribution in [0.4, 0.5) is 0 Å².